The molecule has 0 aromatic heterocycles. The largest absolute Gasteiger partial charge is 0.494 e. The first-order valence-electron chi connectivity index (χ1n) is 8.89. The minimum Gasteiger partial charge on any atom is -0.494 e. The summed E-state index contributed by atoms with van der Waals surface area (Å²) in [6.07, 6.45) is 4.86. The van der Waals surface area contributed by atoms with Gasteiger partial charge in [0.05, 0.1) is 6.61 Å². The Labute approximate surface area is 143 Å². The van der Waals surface area contributed by atoms with Crippen LogP contribution in [0.4, 0.5) is 0 Å². The maximum Gasteiger partial charge on any atom is 0.220 e. The Morgan fingerprint density at radius 1 is 1.29 bits per heavy atom. The fourth-order valence-corrected chi connectivity index (χ4v) is 3.20. The van der Waals surface area contributed by atoms with Gasteiger partial charge in [0, 0.05) is 37.2 Å². The summed E-state index contributed by atoms with van der Waals surface area (Å²) in [5.41, 5.74) is 0.645. The molecule has 5 heteroatoms. The van der Waals surface area contributed by atoms with Crippen molar-refractivity contribution in [3.8, 4) is 5.75 Å². The van der Waals surface area contributed by atoms with E-state index in [0.717, 1.165) is 25.6 Å². The summed E-state index contributed by atoms with van der Waals surface area (Å²) >= 11 is 0. The van der Waals surface area contributed by atoms with Gasteiger partial charge in [-0.3, -0.25) is 14.5 Å². The van der Waals surface area contributed by atoms with Gasteiger partial charge in [-0.25, -0.2) is 0 Å². The van der Waals surface area contributed by atoms with E-state index in [1.807, 2.05) is 12.1 Å². The number of rotatable bonds is 8. The first-order valence-corrected chi connectivity index (χ1v) is 8.89. The van der Waals surface area contributed by atoms with E-state index in [2.05, 4.69) is 10.2 Å². The molecule has 2 aliphatic rings. The molecule has 1 amide bonds. The monoisotopic (exact) mass is 330 g/mol. The molecule has 1 aromatic carbocycles. The van der Waals surface area contributed by atoms with Gasteiger partial charge in [0.15, 0.2) is 5.78 Å². The highest BCUT2D eigenvalue weighted by Gasteiger charge is 2.34. The van der Waals surface area contributed by atoms with Crippen LogP contribution in [0.5, 0.6) is 5.75 Å². The standard InChI is InChI=1S/C19H26N2O3/c1-14(22)15-4-2-5-18(12-15)24-11-3-6-19(23)20-16-9-10-21(13-16)17-7-8-17/h2,4-5,12,16-17H,3,6-11,13H2,1H3,(H,20,23). The maximum absolute atomic E-state index is 12.0. The Morgan fingerprint density at radius 3 is 2.88 bits per heavy atom. The topological polar surface area (TPSA) is 58.6 Å². The van der Waals surface area contributed by atoms with Gasteiger partial charge >= 0.3 is 0 Å². The van der Waals surface area contributed by atoms with Crippen molar-refractivity contribution in [2.24, 2.45) is 0 Å². The summed E-state index contributed by atoms with van der Waals surface area (Å²) in [5.74, 6) is 0.814. The van der Waals surface area contributed by atoms with Crippen LogP contribution in [0.3, 0.4) is 0 Å². The first kappa shape index (κ1) is 17.0. The SMILES string of the molecule is CC(=O)c1cccc(OCCCC(=O)NC2CCN(C3CC3)C2)c1. The van der Waals surface area contributed by atoms with Crippen LogP contribution in [0.2, 0.25) is 0 Å². The number of hydrogen-bond acceptors (Lipinski definition) is 4. The molecule has 24 heavy (non-hydrogen) atoms. The average Bonchev–Trinajstić information content (AvgIpc) is 3.32. The van der Waals surface area contributed by atoms with Crippen molar-refractivity contribution in [1.82, 2.24) is 10.2 Å². The highest BCUT2D eigenvalue weighted by Crippen LogP contribution is 2.29. The van der Waals surface area contributed by atoms with E-state index in [9.17, 15) is 9.59 Å². The number of carbonyl (C=O) groups is 2. The second-order valence-electron chi connectivity index (χ2n) is 6.82. The van der Waals surface area contributed by atoms with Gasteiger partial charge in [-0.2, -0.15) is 0 Å². The van der Waals surface area contributed by atoms with Gasteiger partial charge < -0.3 is 10.1 Å². The molecule has 1 saturated carbocycles. The van der Waals surface area contributed by atoms with Crippen LogP contribution in [0.1, 0.15) is 49.4 Å². The fraction of sp³-hybridized carbons (Fsp3) is 0.579. The number of carbonyl (C=O) groups excluding carboxylic acids is 2. The van der Waals surface area contributed by atoms with E-state index in [1.54, 1.807) is 12.1 Å². The van der Waals surface area contributed by atoms with Crippen LogP contribution in [0, 0.1) is 0 Å². The number of likely N-dealkylation sites (tertiary alicyclic amines) is 1. The lowest BCUT2D eigenvalue weighted by Gasteiger charge is -2.15. The lowest BCUT2D eigenvalue weighted by atomic mass is 10.1. The predicted molar refractivity (Wildman–Crippen MR) is 92.3 cm³/mol. The van der Waals surface area contributed by atoms with Crippen molar-refractivity contribution >= 4 is 11.7 Å². The quantitative estimate of drug-likeness (QED) is 0.587. The molecular formula is C19H26N2O3. The Kier molecular flexibility index (Phi) is 5.51. The second-order valence-corrected chi connectivity index (χ2v) is 6.82. The van der Waals surface area contributed by atoms with E-state index < -0.39 is 0 Å². The summed E-state index contributed by atoms with van der Waals surface area (Å²) in [6.45, 7) is 4.14. The molecule has 2 fully saturated rings. The number of ether oxygens (including phenoxy) is 1. The number of ketones is 1. The van der Waals surface area contributed by atoms with Gasteiger partial charge in [-0.15, -0.1) is 0 Å². The minimum absolute atomic E-state index is 0.0247. The van der Waals surface area contributed by atoms with Gasteiger partial charge in [-0.05, 0) is 44.7 Å². The van der Waals surface area contributed by atoms with Crippen LogP contribution in [0.25, 0.3) is 0 Å². The molecule has 3 rings (SSSR count). The molecule has 5 nitrogen and oxygen atoms in total. The summed E-state index contributed by atoms with van der Waals surface area (Å²) < 4.78 is 5.63. The number of amides is 1. The van der Waals surface area contributed by atoms with Crippen molar-refractivity contribution in [2.75, 3.05) is 19.7 Å². The average molecular weight is 330 g/mol. The molecule has 130 valence electrons. The van der Waals surface area contributed by atoms with Crippen molar-refractivity contribution in [3.05, 3.63) is 29.8 Å². The van der Waals surface area contributed by atoms with Gasteiger partial charge in [0.1, 0.15) is 5.75 Å². The first-order chi connectivity index (χ1) is 11.6. The number of nitrogens with one attached hydrogen (secondary N) is 1. The van der Waals surface area contributed by atoms with Crippen molar-refractivity contribution < 1.29 is 14.3 Å². The third-order valence-electron chi connectivity index (χ3n) is 4.71. The molecule has 0 bridgehead atoms. The lowest BCUT2D eigenvalue weighted by Crippen LogP contribution is -2.37. The normalized spacial score (nSPS) is 20.8. The Bertz CT molecular complexity index is 598. The van der Waals surface area contributed by atoms with Crippen LogP contribution in [-0.4, -0.2) is 48.4 Å². The molecule has 1 aromatic rings. The Hall–Kier alpha value is -1.88. The van der Waals surface area contributed by atoms with Crippen molar-refractivity contribution in [3.63, 3.8) is 0 Å². The second kappa shape index (κ2) is 7.79. The van der Waals surface area contributed by atoms with Crippen LogP contribution < -0.4 is 10.1 Å². The maximum atomic E-state index is 12.0. The van der Waals surface area contributed by atoms with E-state index >= 15 is 0 Å². The molecule has 1 atom stereocenters. The molecule has 1 unspecified atom stereocenters. The number of benzene rings is 1. The van der Waals surface area contributed by atoms with Gasteiger partial charge in [0.2, 0.25) is 5.91 Å². The molecule has 1 heterocycles. The van der Waals surface area contributed by atoms with Crippen molar-refractivity contribution in [2.45, 2.75) is 51.1 Å². The molecule has 1 N–H and O–H groups in total. The molecule has 1 aliphatic carbocycles. The van der Waals surface area contributed by atoms with Crippen LogP contribution in [0.15, 0.2) is 24.3 Å². The lowest BCUT2D eigenvalue weighted by molar-refractivity contribution is -0.121. The van der Waals surface area contributed by atoms with E-state index in [4.69, 9.17) is 4.74 Å². The van der Waals surface area contributed by atoms with Crippen LogP contribution in [-0.2, 0) is 4.79 Å². The summed E-state index contributed by atoms with van der Waals surface area (Å²) in [6, 6.07) is 8.25. The number of Topliss-reactive ketones (excluding diaryl/α,β-unsaturated/α-hetero) is 1. The zero-order valence-corrected chi connectivity index (χ0v) is 14.3. The third kappa shape index (κ3) is 4.81. The van der Waals surface area contributed by atoms with Crippen molar-refractivity contribution in [1.29, 1.82) is 0 Å². The number of hydrogen-bond donors (Lipinski definition) is 1. The van der Waals surface area contributed by atoms with E-state index in [0.29, 0.717) is 36.8 Å². The smallest absolute Gasteiger partial charge is 0.220 e. The number of nitrogens with zero attached hydrogens (tertiary/aromatic N) is 1. The summed E-state index contributed by atoms with van der Waals surface area (Å²) in [4.78, 5) is 25.9. The summed E-state index contributed by atoms with van der Waals surface area (Å²) in [5, 5.41) is 3.13. The van der Waals surface area contributed by atoms with E-state index in [-0.39, 0.29) is 11.7 Å². The van der Waals surface area contributed by atoms with E-state index in [1.165, 1.54) is 19.8 Å². The molecule has 1 aliphatic heterocycles. The molecule has 1 saturated heterocycles. The molecule has 0 radical (unpaired) electrons. The van der Waals surface area contributed by atoms with Gasteiger partial charge in [0.25, 0.3) is 0 Å². The fourth-order valence-electron chi connectivity index (χ4n) is 3.20. The highest BCUT2D eigenvalue weighted by molar-refractivity contribution is 5.94. The highest BCUT2D eigenvalue weighted by atomic mass is 16.5. The Balaban J connectivity index is 1.32. The summed E-state index contributed by atoms with van der Waals surface area (Å²) in [7, 11) is 0. The zero-order valence-electron chi connectivity index (χ0n) is 14.3. The van der Waals surface area contributed by atoms with Crippen LogP contribution >= 0.6 is 0 Å². The van der Waals surface area contributed by atoms with Gasteiger partial charge in [-0.1, -0.05) is 12.1 Å². The molecule has 0 spiro atoms. The Morgan fingerprint density at radius 2 is 2.12 bits per heavy atom. The molecular weight excluding hydrogens is 304 g/mol. The third-order valence-corrected chi connectivity index (χ3v) is 4.71. The predicted octanol–water partition coefficient (Wildman–Crippen LogP) is 2.40. The zero-order chi connectivity index (χ0) is 16.9. The minimum atomic E-state index is 0.0247.